The normalized spacial score (nSPS) is 14.9. The van der Waals surface area contributed by atoms with E-state index in [4.69, 9.17) is 0 Å². The summed E-state index contributed by atoms with van der Waals surface area (Å²) in [5, 5.41) is 3.15. The van der Waals surface area contributed by atoms with Crippen molar-refractivity contribution in [3.8, 4) is 0 Å². The van der Waals surface area contributed by atoms with Crippen LogP contribution in [0.25, 0.3) is 0 Å². The molecule has 28 heavy (non-hydrogen) atoms. The number of rotatable bonds is 7. The van der Waals surface area contributed by atoms with Crippen molar-refractivity contribution in [1.82, 2.24) is 4.90 Å². The van der Waals surface area contributed by atoms with Crippen molar-refractivity contribution in [3.63, 3.8) is 0 Å². The molecule has 0 aliphatic carbocycles. The molecule has 2 aromatic rings. The van der Waals surface area contributed by atoms with Crippen LogP contribution in [0.4, 0.5) is 15.8 Å². The minimum atomic E-state index is -0.204. The number of amides is 1. The molecular weight excluding hydrogens is 353 g/mol. The van der Waals surface area contributed by atoms with Crippen LogP contribution in [-0.2, 0) is 17.6 Å². The van der Waals surface area contributed by atoms with E-state index in [1.54, 1.807) is 0 Å². The molecular formula is C23H30FN3O. The maximum Gasteiger partial charge on any atom is 0.225 e. The van der Waals surface area contributed by atoms with Gasteiger partial charge in [-0.1, -0.05) is 32.0 Å². The summed E-state index contributed by atoms with van der Waals surface area (Å²) in [5.41, 5.74) is 4.45. The van der Waals surface area contributed by atoms with E-state index in [0.717, 1.165) is 56.9 Å². The summed E-state index contributed by atoms with van der Waals surface area (Å²) in [6, 6.07) is 12.9. The molecule has 1 fully saturated rings. The van der Waals surface area contributed by atoms with Crippen molar-refractivity contribution in [2.75, 3.05) is 42.9 Å². The molecule has 0 spiro atoms. The largest absolute Gasteiger partial charge is 0.369 e. The monoisotopic (exact) mass is 383 g/mol. The molecule has 0 bridgehead atoms. The fourth-order valence-electron chi connectivity index (χ4n) is 3.75. The van der Waals surface area contributed by atoms with Gasteiger partial charge < -0.3 is 10.2 Å². The van der Waals surface area contributed by atoms with E-state index in [-0.39, 0.29) is 11.7 Å². The Morgan fingerprint density at radius 1 is 0.964 bits per heavy atom. The molecule has 0 radical (unpaired) electrons. The van der Waals surface area contributed by atoms with Crippen molar-refractivity contribution in [2.45, 2.75) is 33.1 Å². The summed E-state index contributed by atoms with van der Waals surface area (Å²) in [6.45, 7) is 8.61. The Bertz CT molecular complexity index is 761. The van der Waals surface area contributed by atoms with E-state index in [9.17, 15) is 9.18 Å². The molecule has 150 valence electrons. The van der Waals surface area contributed by atoms with Crippen molar-refractivity contribution >= 4 is 17.3 Å². The van der Waals surface area contributed by atoms with Crippen molar-refractivity contribution in [3.05, 3.63) is 59.4 Å². The molecule has 0 atom stereocenters. The fraction of sp³-hybridized carbons (Fsp3) is 0.435. The first-order valence-electron chi connectivity index (χ1n) is 10.2. The molecule has 3 rings (SSSR count). The third-order valence-electron chi connectivity index (χ3n) is 5.48. The molecule has 1 saturated heterocycles. The molecule has 0 unspecified atom stereocenters. The van der Waals surface area contributed by atoms with Crippen molar-refractivity contribution in [1.29, 1.82) is 0 Å². The van der Waals surface area contributed by atoms with Crippen LogP contribution in [0.3, 0.4) is 0 Å². The highest BCUT2D eigenvalue weighted by molar-refractivity contribution is 5.92. The first-order chi connectivity index (χ1) is 13.6. The minimum Gasteiger partial charge on any atom is -0.369 e. The predicted molar refractivity (Wildman–Crippen MR) is 113 cm³/mol. The molecule has 1 heterocycles. The van der Waals surface area contributed by atoms with Gasteiger partial charge in [-0.25, -0.2) is 4.39 Å². The van der Waals surface area contributed by atoms with E-state index in [0.29, 0.717) is 6.42 Å². The summed E-state index contributed by atoms with van der Waals surface area (Å²) >= 11 is 0. The minimum absolute atomic E-state index is 0.0802. The number of anilines is 2. The van der Waals surface area contributed by atoms with Gasteiger partial charge in [0.1, 0.15) is 5.82 Å². The highest BCUT2D eigenvalue weighted by atomic mass is 19.1. The summed E-state index contributed by atoms with van der Waals surface area (Å²) in [7, 11) is 0. The Hall–Kier alpha value is -2.40. The summed E-state index contributed by atoms with van der Waals surface area (Å²) in [4.78, 5) is 17.1. The second-order valence-corrected chi connectivity index (χ2v) is 7.26. The van der Waals surface area contributed by atoms with Crippen LogP contribution in [0, 0.1) is 5.82 Å². The maximum absolute atomic E-state index is 13.1. The van der Waals surface area contributed by atoms with Gasteiger partial charge in [-0.15, -0.1) is 0 Å². The zero-order chi connectivity index (χ0) is 19.9. The second-order valence-electron chi connectivity index (χ2n) is 7.26. The number of benzene rings is 2. The van der Waals surface area contributed by atoms with E-state index in [2.05, 4.69) is 47.2 Å². The number of aryl methyl sites for hydroxylation is 2. The van der Waals surface area contributed by atoms with Gasteiger partial charge in [0.05, 0.1) is 0 Å². The fourth-order valence-corrected chi connectivity index (χ4v) is 3.75. The zero-order valence-electron chi connectivity index (χ0n) is 16.9. The van der Waals surface area contributed by atoms with Crippen LogP contribution in [0.2, 0.25) is 0 Å². The molecule has 1 amide bonds. The van der Waals surface area contributed by atoms with Gasteiger partial charge in [0.2, 0.25) is 5.91 Å². The standard InChI is InChI=1S/C23H30FN3O/c1-3-18-6-5-7-19(4-2)23(18)25-22(28)12-13-26-14-16-27(17-15-26)21-10-8-20(24)9-11-21/h5-11H,3-4,12-17H2,1-2H3,(H,25,28). The number of halogens is 1. The Balaban J connectivity index is 1.48. The average Bonchev–Trinajstić information content (AvgIpc) is 2.73. The number of hydrogen-bond donors (Lipinski definition) is 1. The summed E-state index contributed by atoms with van der Waals surface area (Å²) in [5.74, 6) is -0.124. The van der Waals surface area contributed by atoms with Gasteiger partial charge in [0.25, 0.3) is 0 Å². The topological polar surface area (TPSA) is 35.6 Å². The maximum atomic E-state index is 13.1. The van der Waals surface area contributed by atoms with Crippen LogP contribution in [0.1, 0.15) is 31.4 Å². The van der Waals surface area contributed by atoms with Gasteiger partial charge in [-0.2, -0.15) is 0 Å². The lowest BCUT2D eigenvalue weighted by molar-refractivity contribution is -0.116. The number of para-hydroxylation sites is 1. The third-order valence-corrected chi connectivity index (χ3v) is 5.48. The Labute approximate surface area is 167 Å². The highest BCUT2D eigenvalue weighted by Crippen LogP contribution is 2.23. The van der Waals surface area contributed by atoms with Crippen LogP contribution in [0.15, 0.2) is 42.5 Å². The molecule has 5 heteroatoms. The lowest BCUT2D eigenvalue weighted by Gasteiger charge is -2.36. The first kappa shape index (κ1) is 20.3. The van der Waals surface area contributed by atoms with E-state index in [1.807, 2.05) is 12.1 Å². The van der Waals surface area contributed by atoms with Crippen LogP contribution < -0.4 is 10.2 Å². The van der Waals surface area contributed by atoms with E-state index in [1.165, 1.54) is 23.3 Å². The SMILES string of the molecule is CCc1cccc(CC)c1NC(=O)CCN1CCN(c2ccc(F)cc2)CC1. The van der Waals surface area contributed by atoms with Gasteiger partial charge in [-0.05, 0) is 48.2 Å². The van der Waals surface area contributed by atoms with Crippen LogP contribution >= 0.6 is 0 Å². The molecule has 0 saturated carbocycles. The second kappa shape index (κ2) is 9.69. The number of nitrogens with zero attached hydrogens (tertiary/aromatic N) is 2. The highest BCUT2D eigenvalue weighted by Gasteiger charge is 2.18. The predicted octanol–water partition coefficient (Wildman–Crippen LogP) is 4.10. The number of piperazine rings is 1. The van der Waals surface area contributed by atoms with Crippen molar-refractivity contribution < 1.29 is 9.18 Å². The van der Waals surface area contributed by atoms with E-state index < -0.39 is 0 Å². The number of carbonyl (C=O) groups excluding carboxylic acids is 1. The number of nitrogens with one attached hydrogen (secondary N) is 1. The smallest absolute Gasteiger partial charge is 0.225 e. The zero-order valence-corrected chi connectivity index (χ0v) is 16.9. The molecule has 1 N–H and O–H groups in total. The van der Waals surface area contributed by atoms with Gasteiger partial charge in [-0.3, -0.25) is 9.69 Å². The summed E-state index contributed by atoms with van der Waals surface area (Å²) in [6.07, 6.45) is 2.32. The number of hydrogen-bond acceptors (Lipinski definition) is 3. The Kier molecular flexibility index (Phi) is 7.04. The molecule has 2 aromatic carbocycles. The van der Waals surface area contributed by atoms with Crippen molar-refractivity contribution in [2.24, 2.45) is 0 Å². The molecule has 1 aliphatic rings. The quantitative estimate of drug-likeness (QED) is 0.782. The Morgan fingerprint density at radius 3 is 2.14 bits per heavy atom. The lowest BCUT2D eigenvalue weighted by Crippen LogP contribution is -2.47. The lowest BCUT2D eigenvalue weighted by atomic mass is 10.0. The van der Waals surface area contributed by atoms with Gasteiger partial charge in [0.15, 0.2) is 0 Å². The Morgan fingerprint density at radius 2 is 1.57 bits per heavy atom. The summed E-state index contributed by atoms with van der Waals surface area (Å²) < 4.78 is 13.1. The average molecular weight is 384 g/mol. The molecule has 0 aromatic heterocycles. The van der Waals surface area contributed by atoms with Gasteiger partial charge in [0, 0.05) is 50.5 Å². The van der Waals surface area contributed by atoms with Gasteiger partial charge >= 0.3 is 0 Å². The first-order valence-corrected chi connectivity index (χ1v) is 10.2. The van der Waals surface area contributed by atoms with Crippen LogP contribution in [-0.4, -0.2) is 43.5 Å². The number of carbonyl (C=O) groups is 1. The van der Waals surface area contributed by atoms with E-state index >= 15 is 0 Å². The third kappa shape index (κ3) is 5.10. The molecule has 1 aliphatic heterocycles. The molecule has 4 nitrogen and oxygen atoms in total. The van der Waals surface area contributed by atoms with Crippen LogP contribution in [0.5, 0.6) is 0 Å².